The topological polar surface area (TPSA) is 101 Å². The van der Waals surface area contributed by atoms with Crippen molar-refractivity contribution in [3.63, 3.8) is 0 Å². The van der Waals surface area contributed by atoms with E-state index in [2.05, 4.69) is 0 Å². The van der Waals surface area contributed by atoms with Crippen LogP contribution in [-0.2, 0) is 24.4 Å². The van der Waals surface area contributed by atoms with Gasteiger partial charge >= 0.3 is 0 Å². The van der Waals surface area contributed by atoms with Crippen LogP contribution in [0.25, 0.3) is 0 Å². The van der Waals surface area contributed by atoms with Gasteiger partial charge in [-0.2, -0.15) is 0 Å². The van der Waals surface area contributed by atoms with E-state index < -0.39 is 15.9 Å². The van der Waals surface area contributed by atoms with E-state index in [0.29, 0.717) is 0 Å². The summed E-state index contributed by atoms with van der Waals surface area (Å²) in [5, 5.41) is 0. The molecular weight excluding hydrogens is 296 g/mol. The predicted molar refractivity (Wildman–Crippen MR) is 76.6 cm³/mol. The van der Waals surface area contributed by atoms with Gasteiger partial charge in [0, 0.05) is 25.8 Å². The van der Waals surface area contributed by atoms with E-state index in [1.807, 2.05) is 18.6 Å². The van der Waals surface area contributed by atoms with Crippen molar-refractivity contribution < 1.29 is 22.8 Å². The molecule has 0 atom stereocenters. The zero-order chi connectivity index (χ0) is 16.0. The fourth-order valence-corrected chi connectivity index (χ4v) is 3.81. The molecule has 0 aliphatic carbocycles. The second kappa shape index (κ2) is 7.53. The number of hydrogen-bond acceptors (Lipinski definition) is 5. The highest BCUT2D eigenvalue weighted by Crippen LogP contribution is 2.12. The van der Waals surface area contributed by atoms with Crippen molar-refractivity contribution in [1.29, 1.82) is 0 Å². The molecule has 0 aromatic carbocycles. The molecule has 1 heterocycles. The van der Waals surface area contributed by atoms with Gasteiger partial charge in [0.05, 0.1) is 5.75 Å². The number of imide groups is 1. The smallest absolute Gasteiger partial charge is 0.235 e. The predicted octanol–water partition coefficient (Wildman–Crippen LogP) is 0.408. The molecule has 1 rings (SSSR count). The second-order valence-corrected chi connectivity index (χ2v) is 6.95. The number of nitrogens with one attached hydrogen (secondary N) is 1. The molecule has 0 aromatic rings. The number of rotatable bonds is 8. The summed E-state index contributed by atoms with van der Waals surface area (Å²) in [7, 11) is -3.66. The Kier molecular flexibility index (Phi) is 6.32. The molecule has 1 N–H and O–H groups in total. The highest BCUT2D eigenvalue weighted by Gasteiger charge is 2.29. The maximum Gasteiger partial charge on any atom is 0.235 e. The van der Waals surface area contributed by atoms with E-state index in [9.17, 15) is 22.8 Å². The molecule has 0 bridgehead atoms. The van der Waals surface area contributed by atoms with E-state index in [1.54, 1.807) is 0 Å². The normalized spacial score (nSPS) is 15.9. The van der Waals surface area contributed by atoms with Gasteiger partial charge in [0.15, 0.2) is 0 Å². The summed E-state index contributed by atoms with van der Waals surface area (Å²) in [4.78, 5) is 35.4. The fraction of sp³-hybridized carbons (Fsp3) is 0.769. The van der Waals surface area contributed by atoms with Crippen molar-refractivity contribution in [2.45, 2.75) is 46.0 Å². The van der Waals surface area contributed by atoms with Crippen molar-refractivity contribution in [2.24, 2.45) is 5.92 Å². The molecule has 1 aliphatic heterocycles. The highest BCUT2D eigenvalue weighted by atomic mass is 32.2. The molecule has 0 radical (unpaired) electrons. The van der Waals surface area contributed by atoms with Gasteiger partial charge in [0.25, 0.3) is 0 Å². The number of nitrogens with zero attached hydrogens (tertiary/aromatic N) is 1. The first-order valence-electron chi connectivity index (χ1n) is 7.15. The van der Waals surface area contributed by atoms with Crippen LogP contribution in [0.4, 0.5) is 0 Å². The first kappa shape index (κ1) is 17.6. The van der Waals surface area contributed by atoms with E-state index in [4.69, 9.17) is 0 Å². The van der Waals surface area contributed by atoms with Crippen LogP contribution in [0, 0.1) is 5.92 Å². The van der Waals surface area contributed by atoms with Crippen LogP contribution in [0.5, 0.6) is 0 Å². The van der Waals surface area contributed by atoms with E-state index in [0.717, 1.165) is 17.7 Å². The lowest BCUT2D eigenvalue weighted by Gasteiger charge is -2.15. The van der Waals surface area contributed by atoms with E-state index in [-0.39, 0.29) is 49.3 Å². The minimum absolute atomic E-state index is 0.0111. The number of hydrogen-bond donors (Lipinski definition) is 1. The molecule has 21 heavy (non-hydrogen) atoms. The number of amides is 3. The van der Waals surface area contributed by atoms with Crippen molar-refractivity contribution >= 4 is 27.7 Å². The van der Waals surface area contributed by atoms with Gasteiger partial charge < -0.3 is 0 Å². The third-order valence-electron chi connectivity index (χ3n) is 3.60. The van der Waals surface area contributed by atoms with Crippen LogP contribution >= 0.6 is 0 Å². The maximum absolute atomic E-state index is 11.8. The summed E-state index contributed by atoms with van der Waals surface area (Å²) in [6, 6.07) is 0. The zero-order valence-electron chi connectivity index (χ0n) is 12.4. The lowest BCUT2D eigenvalue weighted by atomic mass is 10.1. The van der Waals surface area contributed by atoms with Gasteiger partial charge in [0.1, 0.15) is 0 Å². The monoisotopic (exact) mass is 318 g/mol. The largest absolute Gasteiger partial charge is 0.282 e. The van der Waals surface area contributed by atoms with Gasteiger partial charge in [0.2, 0.25) is 27.7 Å². The molecule has 1 aliphatic rings. The summed E-state index contributed by atoms with van der Waals surface area (Å²) in [6.45, 7) is 3.73. The molecule has 0 aromatic heterocycles. The summed E-state index contributed by atoms with van der Waals surface area (Å²) >= 11 is 0. The summed E-state index contributed by atoms with van der Waals surface area (Å²) in [5.74, 6) is -1.39. The number of carbonyl (C=O) groups is 3. The minimum atomic E-state index is -3.66. The lowest BCUT2D eigenvalue weighted by Crippen LogP contribution is -2.38. The number of carbonyl (C=O) groups excluding carboxylic acids is 3. The van der Waals surface area contributed by atoms with Gasteiger partial charge in [-0.05, 0) is 5.92 Å². The third-order valence-corrected chi connectivity index (χ3v) is 5.05. The SMILES string of the molecule is CCC(CC)CS(=O)(=O)NC(=O)CCN1C(=O)CCC1=O. The van der Waals surface area contributed by atoms with Gasteiger partial charge in [-0.25, -0.2) is 8.42 Å². The van der Waals surface area contributed by atoms with Crippen LogP contribution < -0.4 is 4.72 Å². The van der Waals surface area contributed by atoms with Gasteiger partial charge in [-0.1, -0.05) is 26.7 Å². The van der Waals surface area contributed by atoms with Crippen LogP contribution in [0.15, 0.2) is 0 Å². The Morgan fingerprint density at radius 3 is 2.19 bits per heavy atom. The standard InChI is InChI=1S/C13H22N2O5S/c1-3-10(4-2)9-21(19,20)14-11(16)7-8-15-12(17)5-6-13(15)18/h10H,3-9H2,1-2H3,(H,14,16). The third kappa shape index (κ3) is 5.45. The minimum Gasteiger partial charge on any atom is -0.282 e. The first-order valence-corrected chi connectivity index (χ1v) is 8.80. The van der Waals surface area contributed by atoms with Gasteiger partial charge in [-0.3, -0.25) is 24.0 Å². The molecule has 3 amide bonds. The molecule has 0 spiro atoms. The van der Waals surface area contributed by atoms with Crippen LogP contribution in [0.2, 0.25) is 0 Å². The number of sulfonamides is 1. The second-order valence-electron chi connectivity index (χ2n) is 5.18. The fourth-order valence-electron chi connectivity index (χ4n) is 2.19. The van der Waals surface area contributed by atoms with E-state index >= 15 is 0 Å². The molecule has 7 nitrogen and oxygen atoms in total. The average Bonchev–Trinajstić information content (AvgIpc) is 2.72. The van der Waals surface area contributed by atoms with Crippen LogP contribution in [-0.4, -0.2) is 43.3 Å². The number of likely N-dealkylation sites (tertiary alicyclic amines) is 1. The first-order chi connectivity index (χ1) is 9.79. The molecule has 120 valence electrons. The van der Waals surface area contributed by atoms with Crippen molar-refractivity contribution in [3.8, 4) is 0 Å². The Bertz CT molecular complexity index is 495. The van der Waals surface area contributed by atoms with Crippen molar-refractivity contribution in [1.82, 2.24) is 9.62 Å². The average molecular weight is 318 g/mol. The Morgan fingerprint density at radius 1 is 1.19 bits per heavy atom. The van der Waals surface area contributed by atoms with Gasteiger partial charge in [-0.15, -0.1) is 0 Å². The maximum atomic E-state index is 11.8. The van der Waals surface area contributed by atoms with Crippen LogP contribution in [0.3, 0.4) is 0 Å². The Hall–Kier alpha value is -1.44. The molecular formula is C13H22N2O5S. The van der Waals surface area contributed by atoms with E-state index in [1.165, 1.54) is 0 Å². The summed E-state index contributed by atoms with van der Waals surface area (Å²) < 4.78 is 25.6. The lowest BCUT2D eigenvalue weighted by molar-refractivity contribution is -0.138. The quantitative estimate of drug-likeness (QED) is 0.653. The van der Waals surface area contributed by atoms with Crippen molar-refractivity contribution in [2.75, 3.05) is 12.3 Å². The molecule has 1 saturated heterocycles. The summed E-state index contributed by atoms with van der Waals surface area (Å²) in [5.41, 5.74) is 0. The molecule has 0 unspecified atom stereocenters. The van der Waals surface area contributed by atoms with Crippen LogP contribution in [0.1, 0.15) is 46.0 Å². The Morgan fingerprint density at radius 2 is 1.71 bits per heavy atom. The zero-order valence-corrected chi connectivity index (χ0v) is 13.2. The highest BCUT2D eigenvalue weighted by molar-refractivity contribution is 7.90. The van der Waals surface area contributed by atoms with Crippen molar-refractivity contribution in [3.05, 3.63) is 0 Å². The Balaban J connectivity index is 2.46. The summed E-state index contributed by atoms with van der Waals surface area (Å²) in [6.07, 6.45) is 1.57. The molecule has 1 fully saturated rings. The Labute approximate surface area is 125 Å². The molecule has 0 saturated carbocycles. The molecule has 8 heteroatoms.